The number of aromatic nitrogens is 2. The van der Waals surface area contributed by atoms with Gasteiger partial charge in [0.15, 0.2) is 5.16 Å². The van der Waals surface area contributed by atoms with Crippen LogP contribution >= 0.6 is 11.8 Å². The van der Waals surface area contributed by atoms with Crippen molar-refractivity contribution in [2.75, 3.05) is 23.5 Å². The number of hydrogen-bond donors (Lipinski definition) is 2. The number of methoxy groups -OCH3 is 1. The molecule has 0 atom stereocenters. The summed E-state index contributed by atoms with van der Waals surface area (Å²) in [6.07, 6.45) is -2.74. The number of fused-ring (bicyclic) bond motifs is 1. The molecule has 2 amide bonds. The van der Waals surface area contributed by atoms with Crippen molar-refractivity contribution in [3.05, 3.63) is 42.0 Å². The normalized spacial score (nSPS) is 11.5. The molecule has 0 aliphatic rings. The Morgan fingerprint density at radius 2 is 1.91 bits per heavy atom. The Balaban J connectivity index is 1.80. The molecule has 0 bridgehead atoms. The van der Waals surface area contributed by atoms with Crippen molar-refractivity contribution in [3.63, 3.8) is 0 Å². The zero-order valence-electron chi connectivity index (χ0n) is 19.0. The number of rotatable bonds is 9. The molecule has 0 spiro atoms. The topological polar surface area (TPSA) is 85.2 Å². The van der Waals surface area contributed by atoms with Gasteiger partial charge in [-0.25, -0.2) is 4.98 Å². The smallest absolute Gasteiger partial charge is 0.416 e. The number of carbonyl (C=O) groups excluding carboxylic acids is 2. The average molecular weight is 495 g/mol. The second-order valence-corrected chi connectivity index (χ2v) is 8.48. The van der Waals surface area contributed by atoms with Crippen LogP contribution in [0.15, 0.2) is 41.6 Å². The van der Waals surface area contributed by atoms with E-state index in [1.807, 2.05) is 11.5 Å². The number of nitrogens with zero attached hydrogens (tertiary/aromatic N) is 2. The Morgan fingerprint density at radius 1 is 1.15 bits per heavy atom. The van der Waals surface area contributed by atoms with Crippen molar-refractivity contribution in [2.24, 2.45) is 0 Å². The van der Waals surface area contributed by atoms with Gasteiger partial charge < -0.3 is 19.9 Å². The van der Waals surface area contributed by atoms with Gasteiger partial charge in [-0.3, -0.25) is 9.59 Å². The third-order valence-electron chi connectivity index (χ3n) is 4.90. The third kappa shape index (κ3) is 6.22. The van der Waals surface area contributed by atoms with Gasteiger partial charge in [-0.15, -0.1) is 0 Å². The summed E-state index contributed by atoms with van der Waals surface area (Å²) >= 11 is 1.14. The number of imidazole rings is 1. The van der Waals surface area contributed by atoms with Crippen LogP contribution in [-0.4, -0.2) is 34.2 Å². The van der Waals surface area contributed by atoms with Crippen LogP contribution in [0.2, 0.25) is 0 Å². The van der Waals surface area contributed by atoms with E-state index in [-0.39, 0.29) is 23.1 Å². The molecule has 0 aliphatic heterocycles. The van der Waals surface area contributed by atoms with E-state index < -0.39 is 11.7 Å². The molecule has 0 aliphatic carbocycles. The Bertz CT molecular complexity index is 1190. The maximum absolute atomic E-state index is 13.1. The number of carbonyl (C=O) groups is 2. The Kier molecular flexibility index (Phi) is 8.08. The van der Waals surface area contributed by atoms with Gasteiger partial charge in [0.2, 0.25) is 11.8 Å². The number of amides is 2. The molecular formula is C23H25F3N4O3S. The summed E-state index contributed by atoms with van der Waals surface area (Å²) < 4.78 is 46.5. The molecule has 0 unspecified atom stereocenters. The molecule has 1 heterocycles. The molecule has 3 aromatic rings. The highest BCUT2D eigenvalue weighted by molar-refractivity contribution is 7.99. The standard InChI is InChI=1S/C23H25F3N4O3S/c1-4-5-10-30-19-8-6-15(23(24,25)26)11-17(19)29-22(30)34-13-21(32)28-18-12-16(27-14(2)31)7-9-20(18)33-3/h6-9,11-12H,4-5,10,13H2,1-3H3,(H,27,31)(H,28,32). The molecule has 3 rings (SSSR count). The molecule has 7 nitrogen and oxygen atoms in total. The van der Waals surface area contributed by atoms with Crippen LogP contribution < -0.4 is 15.4 Å². The van der Waals surface area contributed by atoms with Gasteiger partial charge in [-0.2, -0.15) is 13.2 Å². The molecule has 0 radical (unpaired) electrons. The lowest BCUT2D eigenvalue weighted by Gasteiger charge is -2.12. The molecule has 1 aromatic heterocycles. The summed E-state index contributed by atoms with van der Waals surface area (Å²) in [7, 11) is 1.46. The minimum atomic E-state index is -4.46. The van der Waals surface area contributed by atoms with E-state index in [1.165, 1.54) is 20.1 Å². The number of unbranched alkanes of at least 4 members (excludes halogenated alkanes) is 1. The fourth-order valence-electron chi connectivity index (χ4n) is 3.33. The van der Waals surface area contributed by atoms with E-state index in [0.717, 1.165) is 36.7 Å². The van der Waals surface area contributed by atoms with Gasteiger partial charge in [0, 0.05) is 19.2 Å². The van der Waals surface area contributed by atoms with Crippen LogP contribution in [0.5, 0.6) is 5.75 Å². The zero-order valence-corrected chi connectivity index (χ0v) is 19.8. The number of aryl methyl sites for hydroxylation is 1. The highest BCUT2D eigenvalue weighted by Crippen LogP contribution is 2.33. The fraction of sp³-hybridized carbons (Fsp3) is 0.348. The largest absolute Gasteiger partial charge is 0.495 e. The predicted octanol–water partition coefficient (Wildman–Crippen LogP) is 5.55. The number of ether oxygens (including phenoxy) is 1. The van der Waals surface area contributed by atoms with Gasteiger partial charge in [0.25, 0.3) is 0 Å². The molecule has 34 heavy (non-hydrogen) atoms. The second-order valence-electron chi connectivity index (χ2n) is 7.53. The highest BCUT2D eigenvalue weighted by atomic mass is 32.2. The summed E-state index contributed by atoms with van der Waals surface area (Å²) in [6, 6.07) is 8.34. The second kappa shape index (κ2) is 10.8. The highest BCUT2D eigenvalue weighted by Gasteiger charge is 2.31. The van der Waals surface area contributed by atoms with Crippen LogP contribution in [0.1, 0.15) is 32.3 Å². The number of nitrogens with one attached hydrogen (secondary N) is 2. The van der Waals surface area contributed by atoms with Crippen molar-refractivity contribution < 1.29 is 27.5 Å². The first-order chi connectivity index (χ1) is 16.1. The van der Waals surface area contributed by atoms with E-state index >= 15 is 0 Å². The van der Waals surface area contributed by atoms with Crippen molar-refractivity contribution in [2.45, 2.75) is 44.6 Å². The first-order valence-electron chi connectivity index (χ1n) is 10.6. The van der Waals surface area contributed by atoms with Gasteiger partial charge in [0.05, 0.1) is 35.1 Å². The Hall–Kier alpha value is -3.21. The van der Waals surface area contributed by atoms with Crippen molar-refractivity contribution in [3.8, 4) is 5.75 Å². The molecule has 11 heteroatoms. The molecule has 0 fully saturated rings. The Labute approximate surface area is 199 Å². The maximum Gasteiger partial charge on any atom is 0.416 e. The lowest BCUT2D eigenvalue weighted by atomic mass is 10.2. The number of alkyl halides is 3. The zero-order chi connectivity index (χ0) is 24.9. The van der Waals surface area contributed by atoms with Gasteiger partial charge >= 0.3 is 6.18 Å². The van der Waals surface area contributed by atoms with Crippen LogP contribution in [0.3, 0.4) is 0 Å². The number of thioether (sulfide) groups is 1. The molecule has 0 saturated carbocycles. The van der Waals surface area contributed by atoms with Gasteiger partial charge in [-0.05, 0) is 42.8 Å². The molecule has 182 valence electrons. The van der Waals surface area contributed by atoms with E-state index in [4.69, 9.17) is 4.74 Å². The number of hydrogen-bond acceptors (Lipinski definition) is 5. The molecule has 2 N–H and O–H groups in total. The van der Waals surface area contributed by atoms with Crippen LogP contribution in [0.25, 0.3) is 11.0 Å². The average Bonchev–Trinajstić information content (AvgIpc) is 3.12. The van der Waals surface area contributed by atoms with Crippen molar-refractivity contribution >= 4 is 46.0 Å². The SMILES string of the molecule is CCCCn1c(SCC(=O)Nc2cc(NC(C)=O)ccc2OC)nc2cc(C(F)(F)F)ccc21. The first-order valence-corrected chi connectivity index (χ1v) is 11.6. The predicted molar refractivity (Wildman–Crippen MR) is 126 cm³/mol. The van der Waals surface area contributed by atoms with E-state index in [1.54, 1.807) is 18.2 Å². The van der Waals surface area contributed by atoms with E-state index in [9.17, 15) is 22.8 Å². The minimum Gasteiger partial charge on any atom is -0.495 e. The fourth-order valence-corrected chi connectivity index (χ4v) is 4.17. The lowest BCUT2D eigenvalue weighted by molar-refractivity contribution is -0.137. The van der Waals surface area contributed by atoms with Crippen LogP contribution in [-0.2, 0) is 22.3 Å². The monoisotopic (exact) mass is 494 g/mol. The summed E-state index contributed by atoms with van der Waals surface area (Å²) in [5.41, 5.74) is 0.944. The van der Waals surface area contributed by atoms with Crippen molar-refractivity contribution in [1.82, 2.24) is 9.55 Å². The van der Waals surface area contributed by atoms with Gasteiger partial charge in [-0.1, -0.05) is 25.1 Å². The number of anilines is 2. The van der Waals surface area contributed by atoms with E-state index in [2.05, 4.69) is 15.6 Å². The molecule has 2 aromatic carbocycles. The summed E-state index contributed by atoms with van der Waals surface area (Å²) in [5.74, 6) is -0.205. The molecule has 0 saturated heterocycles. The number of halogens is 3. The molecular weight excluding hydrogens is 469 g/mol. The quantitative estimate of drug-likeness (QED) is 0.381. The van der Waals surface area contributed by atoms with E-state index in [0.29, 0.717) is 34.3 Å². The first kappa shape index (κ1) is 25.4. The summed E-state index contributed by atoms with van der Waals surface area (Å²) in [5, 5.41) is 5.86. The van der Waals surface area contributed by atoms with Crippen molar-refractivity contribution in [1.29, 1.82) is 0 Å². The van der Waals surface area contributed by atoms with Crippen LogP contribution in [0.4, 0.5) is 24.5 Å². The Morgan fingerprint density at radius 3 is 2.56 bits per heavy atom. The summed E-state index contributed by atoms with van der Waals surface area (Å²) in [6.45, 7) is 3.97. The lowest BCUT2D eigenvalue weighted by Crippen LogP contribution is -2.16. The maximum atomic E-state index is 13.1. The minimum absolute atomic E-state index is 0.0188. The van der Waals surface area contributed by atoms with Gasteiger partial charge in [0.1, 0.15) is 5.75 Å². The van der Waals surface area contributed by atoms with Crippen LogP contribution in [0, 0.1) is 0 Å². The summed E-state index contributed by atoms with van der Waals surface area (Å²) in [4.78, 5) is 28.3. The third-order valence-corrected chi connectivity index (χ3v) is 5.88. The number of benzene rings is 2.